The molecule has 0 saturated heterocycles. The SMILES string of the molecule is CCC(C)C(NC(=O)CNC(=O)C(CCCCN)NCNC(=O)C(CCC(=O)NCCCCCNC=O)NCN)C(=O)NCC(N)=O. The molecule has 18 nitrogen and oxygen atoms in total. The number of nitrogens with one attached hydrogen (secondary N) is 8. The molecule has 4 atom stereocenters. The van der Waals surface area contributed by atoms with Crippen LogP contribution in [0.1, 0.15) is 71.6 Å². The Kier molecular flexibility index (Phi) is 25.0. The molecule has 0 aromatic carbocycles. The lowest BCUT2D eigenvalue weighted by Crippen LogP contribution is -2.55. The van der Waals surface area contributed by atoms with Crippen molar-refractivity contribution in [2.24, 2.45) is 23.1 Å². The summed E-state index contributed by atoms with van der Waals surface area (Å²) in [6, 6.07) is -2.44. The van der Waals surface area contributed by atoms with E-state index in [-0.39, 0.29) is 44.5 Å². The van der Waals surface area contributed by atoms with Crippen molar-refractivity contribution in [1.82, 2.24) is 42.5 Å². The van der Waals surface area contributed by atoms with Crippen molar-refractivity contribution in [3.8, 4) is 0 Å². The van der Waals surface area contributed by atoms with E-state index in [1.54, 1.807) is 6.92 Å². The molecular weight excluding hydrogens is 614 g/mol. The second-order valence-electron chi connectivity index (χ2n) is 11.1. The van der Waals surface area contributed by atoms with E-state index in [1.807, 2.05) is 6.92 Å². The quantitative estimate of drug-likeness (QED) is 0.0207. The maximum absolute atomic E-state index is 13.0. The van der Waals surface area contributed by atoms with Crippen molar-refractivity contribution in [2.45, 2.75) is 89.8 Å². The summed E-state index contributed by atoms with van der Waals surface area (Å²) >= 11 is 0. The highest BCUT2D eigenvalue weighted by molar-refractivity contribution is 5.92. The van der Waals surface area contributed by atoms with E-state index >= 15 is 0 Å². The molecular formula is C29H57N11O7. The van der Waals surface area contributed by atoms with Gasteiger partial charge in [0.05, 0.1) is 31.8 Å². The Morgan fingerprint density at radius 3 is 2.02 bits per heavy atom. The van der Waals surface area contributed by atoms with Crippen LogP contribution in [-0.2, 0) is 33.6 Å². The molecule has 0 aliphatic heterocycles. The first-order valence-corrected chi connectivity index (χ1v) is 16.2. The van der Waals surface area contributed by atoms with E-state index < -0.39 is 54.2 Å². The first-order chi connectivity index (χ1) is 22.5. The molecule has 0 radical (unpaired) electrons. The van der Waals surface area contributed by atoms with Crippen molar-refractivity contribution in [3.63, 3.8) is 0 Å². The van der Waals surface area contributed by atoms with Gasteiger partial charge in [0.1, 0.15) is 6.04 Å². The predicted molar refractivity (Wildman–Crippen MR) is 176 cm³/mol. The summed E-state index contributed by atoms with van der Waals surface area (Å²) in [6.45, 7) is 4.29. The summed E-state index contributed by atoms with van der Waals surface area (Å²) in [6.07, 6.45) is 5.60. The Hall–Kier alpha value is -3.87. The van der Waals surface area contributed by atoms with Crippen LogP contribution in [0.25, 0.3) is 0 Å². The zero-order valence-corrected chi connectivity index (χ0v) is 27.8. The van der Waals surface area contributed by atoms with Crippen LogP contribution in [0, 0.1) is 5.92 Å². The van der Waals surface area contributed by atoms with Gasteiger partial charge in [-0.2, -0.15) is 0 Å². The third kappa shape index (κ3) is 21.5. The summed E-state index contributed by atoms with van der Waals surface area (Å²) in [4.78, 5) is 84.4. The molecule has 4 unspecified atom stereocenters. The van der Waals surface area contributed by atoms with Crippen LogP contribution in [0.2, 0.25) is 0 Å². The fourth-order valence-electron chi connectivity index (χ4n) is 4.35. The molecule has 270 valence electrons. The summed E-state index contributed by atoms with van der Waals surface area (Å²) in [5.41, 5.74) is 16.3. The normalized spacial score (nSPS) is 13.3. The van der Waals surface area contributed by atoms with Gasteiger partial charge in [-0.05, 0) is 51.0 Å². The zero-order chi connectivity index (χ0) is 35.5. The average Bonchev–Trinajstić information content (AvgIpc) is 3.05. The molecule has 0 aromatic heterocycles. The van der Waals surface area contributed by atoms with Crippen LogP contribution in [0.5, 0.6) is 0 Å². The van der Waals surface area contributed by atoms with Gasteiger partial charge in [-0.25, -0.2) is 0 Å². The summed E-state index contributed by atoms with van der Waals surface area (Å²) in [5.74, 6) is -3.23. The van der Waals surface area contributed by atoms with Crippen molar-refractivity contribution >= 4 is 41.9 Å². The fourth-order valence-corrected chi connectivity index (χ4v) is 4.35. The molecule has 47 heavy (non-hydrogen) atoms. The molecule has 0 saturated carbocycles. The summed E-state index contributed by atoms with van der Waals surface area (Å²) in [7, 11) is 0. The lowest BCUT2D eigenvalue weighted by Gasteiger charge is -2.24. The number of amides is 7. The molecule has 7 amide bonds. The number of carbonyl (C=O) groups is 7. The number of hydrogen-bond acceptors (Lipinski definition) is 11. The highest BCUT2D eigenvalue weighted by Gasteiger charge is 2.27. The minimum Gasteiger partial charge on any atom is -0.368 e. The van der Waals surface area contributed by atoms with Crippen LogP contribution >= 0.6 is 0 Å². The largest absolute Gasteiger partial charge is 0.368 e. The Morgan fingerprint density at radius 2 is 1.38 bits per heavy atom. The Labute approximate surface area is 277 Å². The van der Waals surface area contributed by atoms with Gasteiger partial charge in [-0.15, -0.1) is 0 Å². The monoisotopic (exact) mass is 671 g/mol. The van der Waals surface area contributed by atoms with Gasteiger partial charge in [0.15, 0.2) is 0 Å². The average molecular weight is 672 g/mol. The number of carbonyl (C=O) groups excluding carboxylic acids is 7. The second kappa shape index (κ2) is 27.3. The molecule has 0 heterocycles. The third-order valence-corrected chi connectivity index (χ3v) is 7.29. The van der Waals surface area contributed by atoms with E-state index in [1.165, 1.54) is 0 Å². The fraction of sp³-hybridized carbons (Fsp3) is 0.759. The lowest BCUT2D eigenvalue weighted by molar-refractivity contribution is -0.132. The Bertz CT molecular complexity index is 971. The highest BCUT2D eigenvalue weighted by Crippen LogP contribution is 2.08. The maximum Gasteiger partial charge on any atom is 0.243 e. The number of primary amides is 1. The van der Waals surface area contributed by atoms with E-state index in [9.17, 15) is 33.6 Å². The Balaban J connectivity index is 4.91. The van der Waals surface area contributed by atoms with Crippen molar-refractivity contribution in [3.05, 3.63) is 0 Å². The van der Waals surface area contributed by atoms with E-state index in [0.717, 1.165) is 19.3 Å². The van der Waals surface area contributed by atoms with Crippen LogP contribution < -0.4 is 59.7 Å². The van der Waals surface area contributed by atoms with E-state index in [0.29, 0.717) is 51.7 Å². The predicted octanol–water partition coefficient (Wildman–Crippen LogP) is -3.92. The smallest absolute Gasteiger partial charge is 0.243 e. The van der Waals surface area contributed by atoms with E-state index in [2.05, 4.69) is 42.5 Å². The highest BCUT2D eigenvalue weighted by atomic mass is 16.2. The van der Waals surface area contributed by atoms with Gasteiger partial charge < -0.3 is 49.1 Å². The minimum absolute atomic E-state index is 0.0127. The number of rotatable bonds is 29. The van der Waals surface area contributed by atoms with Crippen LogP contribution in [0.3, 0.4) is 0 Å². The second-order valence-corrected chi connectivity index (χ2v) is 11.1. The minimum atomic E-state index is -0.929. The molecule has 0 aliphatic carbocycles. The number of nitrogens with two attached hydrogens (primary N) is 3. The zero-order valence-electron chi connectivity index (χ0n) is 27.8. The molecule has 0 aliphatic rings. The van der Waals surface area contributed by atoms with Crippen LogP contribution in [0.4, 0.5) is 0 Å². The molecule has 0 aromatic rings. The topological polar surface area (TPSA) is 294 Å². The van der Waals surface area contributed by atoms with Crippen molar-refractivity contribution < 1.29 is 33.6 Å². The molecule has 0 rings (SSSR count). The van der Waals surface area contributed by atoms with Crippen LogP contribution in [-0.4, -0.2) is 106 Å². The van der Waals surface area contributed by atoms with Crippen molar-refractivity contribution in [2.75, 3.05) is 46.1 Å². The maximum atomic E-state index is 13.0. The van der Waals surface area contributed by atoms with Crippen molar-refractivity contribution in [1.29, 1.82) is 0 Å². The standard InChI is InChI=1S/C29H57N11O7/c1-3-20(2)26(29(47)35-15-23(32)42)40-25(44)16-36-27(45)21(9-5-6-12-30)38-18-39-28(46)22(37-17-31)10-11-24(43)34-14-8-4-7-13-33-19-41/h19-22,26,37-38H,3-18,30-31H2,1-2H3,(H2,32,42)(H,33,41)(H,34,43)(H,35,47)(H,36,45)(H,39,46)(H,40,44). The van der Waals surface area contributed by atoms with E-state index in [4.69, 9.17) is 17.2 Å². The van der Waals surface area contributed by atoms with Gasteiger partial charge in [0, 0.05) is 26.2 Å². The first kappa shape index (κ1) is 43.1. The van der Waals surface area contributed by atoms with Gasteiger partial charge >= 0.3 is 0 Å². The van der Waals surface area contributed by atoms with Crippen LogP contribution in [0.15, 0.2) is 0 Å². The first-order valence-electron chi connectivity index (χ1n) is 16.2. The number of hydrogen-bond donors (Lipinski definition) is 11. The summed E-state index contributed by atoms with van der Waals surface area (Å²) < 4.78 is 0. The number of unbranched alkanes of at least 4 members (excludes halogenated alkanes) is 3. The van der Waals surface area contributed by atoms with Gasteiger partial charge in [-0.3, -0.25) is 44.2 Å². The third-order valence-electron chi connectivity index (χ3n) is 7.29. The Morgan fingerprint density at radius 1 is 0.723 bits per heavy atom. The van der Waals surface area contributed by atoms with Gasteiger partial charge in [0.2, 0.25) is 41.9 Å². The molecule has 0 spiro atoms. The van der Waals surface area contributed by atoms with Gasteiger partial charge in [-0.1, -0.05) is 26.7 Å². The molecule has 18 heteroatoms. The molecule has 0 fully saturated rings. The lowest BCUT2D eigenvalue weighted by atomic mass is 9.98. The molecule has 14 N–H and O–H groups in total. The molecule has 0 bridgehead atoms. The summed E-state index contributed by atoms with van der Waals surface area (Å²) in [5, 5.41) is 21.4. The van der Waals surface area contributed by atoms with Gasteiger partial charge in [0.25, 0.3) is 0 Å².